The third-order valence-corrected chi connectivity index (χ3v) is 8.53. The van der Waals surface area contributed by atoms with Crippen LogP contribution in [-0.4, -0.2) is 44.3 Å². The third-order valence-electron chi connectivity index (χ3n) is 6.77. The maximum absolute atomic E-state index is 13.3. The van der Waals surface area contributed by atoms with Crippen LogP contribution in [0, 0.1) is 6.92 Å². The molecule has 0 amide bonds. The van der Waals surface area contributed by atoms with Gasteiger partial charge in [0.15, 0.2) is 0 Å². The summed E-state index contributed by atoms with van der Waals surface area (Å²) in [5.74, 6) is 2.02. The van der Waals surface area contributed by atoms with E-state index in [4.69, 9.17) is 9.47 Å². The molecule has 1 saturated carbocycles. The van der Waals surface area contributed by atoms with Crippen LogP contribution >= 0.6 is 22.6 Å². The van der Waals surface area contributed by atoms with E-state index in [1.807, 2.05) is 43.3 Å². The van der Waals surface area contributed by atoms with E-state index >= 15 is 0 Å². The molecule has 1 saturated heterocycles. The molecule has 32 heavy (non-hydrogen) atoms. The summed E-state index contributed by atoms with van der Waals surface area (Å²) in [6.45, 7) is 4.05. The van der Waals surface area contributed by atoms with Crippen LogP contribution in [0.15, 0.2) is 47.3 Å². The third kappa shape index (κ3) is 3.90. The molecule has 2 aliphatic rings. The molecule has 2 fully saturated rings. The Bertz CT molecular complexity index is 1180. The molecule has 1 aliphatic carbocycles. The predicted octanol–water partition coefficient (Wildman–Crippen LogP) is 4.86. The smallest absolute Gasteiger partial charge is 0.269 e. The van der Waals surface area contributed by atoms with Crippen LogP contribution in [0.3, 0.4) is 0 Å². The summed E-state index contributed by atoms with van der Waals surface area (Å²) in [7, 11) is 1.57. The zero-order valence-electron chi connectivity index (χ0n) is 18.5. The Morgan fingerprint density at radius 2 is 1.81 bits per heavy atom. The zero-order chi connectivity index (χ0) is 22.3. The molecule has 0 N–H and O–H groups in total. The van der Waals surface area contributed by atoms with Crippen LogP contribution in [0.2, 0.25) is 0 Å². The van der Waals surface area contributed by atoms with Crippen molar-refractivity contribution in [2.45, 2.75) is 48.7 Å². The number of aromatic nitrogens is 2. The second kappa shape index (κ2) is 8.67. The van der Waals surface area contributed by atoms with E-state index in [-0.39, 0.29) is 11.7 Å². The topological polar surface area (TPSA) is 56.6 Å². The molecule has 168 valence electrons. The van der Waals surface area contributed by atoms with Crippen molar-refractivity contribution in [3.8, 4) is 17.2 Å². The molecule has 7 heteroatoms. The maximum atomic E-state index is 13.3. The van der Waals surface area contributed by atoms with Crippen LogP contribution in [0.5, 0.6) is 11.5 Å². The molecule has 0 radical (unpaired) electrons. The fourth-order valence-electron chi connectivity index (χ4n) is 4.81. The van der Waals surface area contributed by atoms with Gasteiger partial charge >= 0.3 is 0 Å². The highest BCUT2D eigenvalue weighted by Crippen LogP contribution is 2.44. The van der Waals surface area contributed by atoms with Gasteiger partial charge in [0.25, 0.3) is 5.56 Å². The molecule has 6 nitrogen and oxygen atoms in total. The lowest BCUT2D eigenvalue weighted by Gasteiger charge is -2.48. The normalized spacial score (nSPS) is 19.0. The van der Waals surface area contributed by atoms with Gasteiger partial charge in [-0.2, -0.15) is 0 Å². The van der Waals surface area contributed by atoms with E-state index in [1.54, 1.807) is 17.7 Å². The first-order valence-corrected chi connectivity index (χ1v) is 12.3. The van der Waals surface area contributed by atoms with E-state index in [9.17, 15) is 4.79 Å². The average Bonchev–Trinajstić information content (AvgIpc) is 2.78. The van der Waals surface area contributed by atoms with Crippen LogP contribution in [0.4, 0.5) is 0 Å². The summed E-state index contributed by atoms with van der Waals surface area (Å²) < 4.78 is 13.7. The maximum Gasteiger partial charge on any atom is 0.269 e. The zero-order valence-corrected chi connectivity index (χ0v) is 20.7. The van der Waals surface area contributed by atoms with Gasteiger partial charge in [-0.15, -0.1) is 0 Å². The summed E-state index contributed by atoms with van der Waals surface area (Å²) in [6.07, 6.45) is 6.34. The molecule has 0 bridgehead atoms. The number of benzene rings is 2. The minimum Gasteiger partial charge on any atom is -0.496 e. The minimum atomic E-state index is -0.130. The van der Waals surface area contributed by atoms with E-state index in [0.717, 1.165) is 37.4 Å². The lowest BCUT2D eigenvalue weighted by molar-refractivity contribution is 0.0409. The van der Waals surface area contributed by atoms with E-state index in [1.165, 1.54) is 19.3 Å². The molecule has 0 unspecified atom stereocenters. The number of rotatable bonds is 5. The number of likely N-dealkylation sites (tertiary alicyclic amines) is 1. The van der Waals surface area contributed by atoms with Crippen LogP contribution in [-0.2, 0) is 0 Å². The Kier molecular flexibility index (Phi) is 5.88. The Balaban J connectivity index is 1.33. The first-order valence-electron chi connectivity index (χ1n) is 11.3. The Labute approximate surface area is 201 Å². The number of nitrogens with zero attached hydrogens (tertiary/aromatic N) is 3. The van der Waals surface area contributed by atoms with Gasteiger partial charge in [0, 0.05) is 13.1 Å². The van der Waals surface area contributed by atoms with Gasteiger partial charge in [-0.3, -0.25) is 14.3 Å². The van der Waals surface area contributed by atoms with E-state index in [2.05, 4.69) is 32.5 Å². The van der Waals surface area contributed by atoms with Gasteiger partial charge in [0.1, 0.15) is 28.8 Å². The van der Waals surface area contributed by atoms with Crippen molar-refractivity contribution in [3.63, 3.8) is 0 Å². The first kappa shape index (κ1) is 21.7. The van der Waals surface area contributed by atoms with Crippen molar-refractivity contribution in [3.05, 3.63) is 58.6 Å². The Morgan fingerprint density at radius 1 is 1.09 bits per heavy atom. The predicted molar refractivity (Wildman–Crippen MR) is 134 cm³/mol. The molecule has 1 aliphatic heterocycles. The lowest BCUT2D eigenvalue weighted by Crippen LogP contribution is -2.53. The van der Waals surface area contributed by atoms with Crippen molar-refractivity contribution in [2.75, 3.05) is 20.2 Å². The number of aryl methyl sites for hydroxylation is 1. The van der Waals surface area contributed by atoms with Gasteiger partial charge in [-0.05, 0) is 75.4 Å². The molecule has 1 aromatic heterocycles. The number of hydrogen-bond donors (Lipinski definition) is 0. The SMILES string of the molecule is COc1cccc2nc(C)n(-c3ccc(OC4CCN(C5(I)CCC5)CC4)cc3)c(=O)c12. The number of piperidine rings is 1. The molecular weight excluding hydrogens is 517 g/mol. The highest BCUT2D eigenvalue weighted by Gasteiger charge is 2.41. The highest BCUT2D eigenvalue weighted by atomic mass is 127. The fourth-order valence-corrected chi connectivity index (χ4v) is 6.06. The standard InChI is InChI=1S/C25H28IN3O3/c1-17-27-21-5-3-6-22(31-2)23(21)24(30)29(17)18-7-9-19(10-8-18)32-20-11-15-28(16-12-20)25(26)13-4-14-25/h3,5-10,20H,4,11-16H2,1-2H3. The number of methoxy groups -OCH3 is 1. The summed E-state index contributed by atoms with van der Waals surface area (Å²) in [5.41, 5.74) is 1.28. The van der Waals surface area contributed by atoms with Crippen molar-refractivity contribution in [2.24, 2.45) is 0 Å². The van der Waals surface area contributed by atoms with Gasteiger partial charge in [-0.25, -0.2) is 4.98 Å². The summed E-state index contributed by atoms with van der Waals surface area (Å²) in [5, 5.41) is 0.493. The van der Waals surface area contributed by atoms with E-state index < -0.39 is 0 Å². The Morgan fingerprint density at radius 3 is 2.44 bits per heavy atom. The monoisotopic (exact) mass is 545 g/mol. The highest BCUT2D eigenvalue weighted by molar-refractivity contribution is 14.1. The number of ether oxygens (including phenoxy) is 2. The number of alkyl halides is 1. The summed E-state index contributed by atoms with van der Waals surface area (Å²) >= 11 is 2.64. The molecular formula is C25H28IN3O3. The molecule has 0 atom stereocenters. The molecule has 2 heterocycles. The fraction of sp³-hybridized carbons (Fsp3) is 0.440. The molecule has 5 rings (SSSR count). The van der Waals surface area contributed by atoms with E-state index in [0.29, 0.717) is 26.0 Å². The molecule has 0 spiro atoms. The second-order valence-electron chi connectivity index (χ2n) is 8.72. The lowest BCUT2D eigenvalue weighted by atomic mass is 9.89. The largest absolute Gasteiger partial charge is 0.496 e. The quantitative estimate of drug-likeness (QED) is 0.261. The van der Waals surface area contributed by atoms with Crippen molar-refractivity contribution in [1.29, 1.82) is 0 Å². The van der Waals surface area contributed by atoms with Crippen molar-refractivity contribution in [1.82, 2.24) is 14.5 Å². The van der Waals surface area contributed by atoms with Crippen molar-refractivity contribution < 1.29 is 9.47 Å². The van der Waals surface area contributed by atoms with Crippen LogP contribution in [0.1, 0.15) is 37.9 Å². The number of hydrogen-bond acceptors (Lipinski definition) is 5. The van der Waals surface area contributed by atoms with Crippen LogP contribution < -0.4 is 15.0 Å². The minimum absolute atomic E-state index is 0.130. The Hall–Kier alpha value is -2.13. The number of halogens is 1. The van der Waals surface area contributed by atoms with Gasteiger partial charge in [-0.1, -0.05) is 28.7 Å². The molecule has 2 aromatic carbocycles. The summed E-state index contributed by atoms with van der Waals surface area (Å²) in [4.78, 5) is 20.5. The first-order chi connectivity index (χ1) is 15.5. The van der Waals surface area contributed by atoms with Gasteiger partial charge in [0.2, 0.25) is 0 Å². The van der Waals surface area contributed by atoms with Crippen LogP contribution in [0.25, 0.3) is 16.6 Å². The number of fused-ring (bicyclic) bond motifs is 1. The van der Waals surface area contributed by atoms with Gasteiger partial charge < -0.3 is 9.47 Å². The second-order valence-corrected chi connectivity index (χ2v) is 10.7. The van der Waals surface area contributed by atoms with Gasteiger partial charge in [0.05, 0.1) is 21.9 Å². The van der Waals surface area contributed by atoms with Crippen molar-refractivity contribution >= 4 is 33.5 Å². The summed E-state index contributed by atoms with van der Waals surface area (Å²) in [6, 6.07) is 13.2. The molecule has 3 aromatic rings. The average molecular weight is 545 g/mol.